The average molecular weight is 387 g/mol. The van der Waals surface area contributed by atoms with Gasteiger partial charge in [-0.15, -0.1) is 10.2 Å². The van der Waals surface area contributed by atoms with Gasteiger partial charge in [-0.25, -0.2) is 9.83 Å². The summed E-state index contributed by atoms with van der Waals surface area (Å²) in [5.74, 6) is 0.712. The lowest BCUT2D eigenvalue weighted by atomic mass is 9.93. The van der Waals surface area contributed by atoms with Crippen molar-refractivity contribution in [3.63, 3.8) is 0 Å². The molecule has 0 radical (unpaired) electrons. The second kappa shape index (κ2) is 7.69. The molecule has 0 aliphatic carbocycles. The van der Waals surface area contributed by atoms with Gasteiger partial charge in [-0.2, -0.15) is 9.65 Å². The molecule has 7 nitrogen and oxygen atoms in total. The maximum absolute atomic E-state index is 13.3. The van der Waals surface area contributed by atoms with Gasteiger partial charge in [0.25, 0.3) is 0 Å². The Hall–Kier alpha value is -3.78. The summed E-state index contributed by atoms with van der Waals surface area (Å²) in [6, 6.07) is 8.38. The molecule has 1 aliphatic rings. The summed E-state index contributed by atoms with van der Waals surface area (Å²) in [7, 11) is 1.94. The van der Waals surface area contributed by atoms with Crippen LogP contribution in [0.4, 0.5) is 15.8 Å². The van der Waals surface area contributed by atoms with E-state index >= 15 is 0 Å². The van der Waals surface area contributed by atoms with Crippen LogP contribution in [0.3, 0.4) is 0 Å². The number of hydrogen-bond acceptors (Lipinski definition) is 5. The van der Waals surface area contributed by atoms with Gasteiger partial charge in [-0.05, 0) is 42.7 Å². The monoisotopic (exact) mass is 387 g/mol. The van der Waals surface area contributed by atoms with Crippen LogP contribution >= 0.6 is 0 Å². The fourth-order valence-corrected chi connectivity index (χ4v) is 3.88. The molecule has 0 spiro atoms. The maximum atomic E-state index is 13.3. The van der Waals surface area contributed by atoms with Gasteiger partial charge in [-0.3, -0.25) is 0 Å². The lowest BCUT2D eigenvalue weighted by Gasteiger charge is -2.35. The van der Waals surface area contributed by atoms with E-state index in [2.05, 4.69) is 31.0 Å². The Morgan fingerprint density at radius 1 is 1.28 bits per heavy atom. The molecular formula is C21H18FN7. The zero-order chi connectivity index (χ0) is 20.4. The van der Waals surface area contributed by atoms with E-state index in [0.717, 1.165) is 43.0 Å². The van der Waals surface area contributed by atoms with Gasteiger partial charge in [-0.1, -0.05) is 0 Å². The summed E-state index contributed by atoms with van der Waals surface area (Å²) < 4.78 is 15.3. The Labute approximate surface area is 167 Å². The van der Waals surface area contributed by atoms with Gasteiger partial charge in [0.1, 0.15) is 12.2 Å². The number of aryl methyl sites for hydroxylation is 1. The molecule has 2 aromatic heterocycles. The number of benzene rings is 1. The molecule has 1 aliphatic heterocycles. The number of rotatable bonds is 3. The molecule has 29 heavy (non-hydrogen) atoms. The highest BCUT2D eigenvalue weighted by Gasteiger charge is 2.27. The molecule has 144 valence electrons. The quantitative estimate of drug-likeness (QED) is 0.504. The number of nitriles is 1. The van der Waals surface area contributed by atoms with Gasteiger partial charge in [0, 0.05) is 43.4 Å². The van der Waals surface area contributed by atoms with Crippen LogP contribution in [-0.2, 0) is 7.05 Å². The first-order chi connectivity index (χ1) is 14.1. The van der Waals surface area contributed by atoms with Crippen molar-refractivity contribution in [1.82, 2.24) is 19.7 Å². The SMILES string of the molecule is [C-]#[N+]c1cc(C#N)cc(-c2ccc(F)nc2)c1N1CCC(c2nncn2C)CC1. The van der Waals surface area contributed by atoms with Crippen molar-refractivity contribution < 1.29 is 4.39 Å². The highest BCUT2D eigenvalue weighted by molar-refractivity contribution is 5.89. The summed E-state index contributed by atoms with van der Waals surface area (Å²) in [4.78, 5) is 9.59. The second-order valence-electron chi connectivity index (χ2n) is 7.05. The van der Waals surface area contributed by atoms with Crippen molar-refractivity contribution in [2.45, 2.75) is 18.8 Å². The first-order valence-corrected chi connectivity index (χ1v) is 9.27. The van der Waals surface area contributed by atoms with Crippen molar-refractivity contribution in [3.8, 4) is 17.2 Å². The van der Waals surface area contributed by atoms with Crippen LogP contribution in [0, 0.1) is 23.9 Å². The second-order valence-corrected chi connectivity index (χ2v) is 7.05. The van der Waals surface area contributed by atoms with E-state index in [4.69, 9.17) is 6.57 Å². The van der Waals surface area contributed by atoms with E-state index in [1.807, 2.05) is 11.6 Å². The Morgan fingerprint density at radius 2 is 2.07 bits per heavy atom. The third kappa shape index (κ3) is 3.53. The number of halogens is 1. The minimum Gasteiger partial charge on any atom is -0.380 e. The zero-order valence-electron chi connectivity index (χ0n) is 15.9. The van der Waals surface area contributed by atoms with Crippen molar-refractivity contribution in [3.05, 3.63) is 65.5 Å². The smallest absolute Gasteiger partial charge is 0.212 e. The average Bonchev–Trinajstić information content (AvgIpc) is 3.19. The normalized spacial score (nSPS) is 14.4. The van der Waals surface area contributed by atoms with Gasteiger partial charge < -0.3 is 9.47 Å². The fourth-order valence-electron chi connectivity index (χ4n) is 3.88. The van der Waals surface area contributed by atoms with Crippen molar-refractivity contribution in [1.29, 1.82) is 5.26 Å². The van der Waals surface area contributed by atoms with E-state index in [1.165, 1.54) is 12.3 Å². The molecule has 4 rings (SSSR count). The number of hydrogen-bond donors (Lipinski definition) is 0. The van der Waals surface area contributed by atoms with Gasteiger partial charge in [0.2, 0.25) is 11.6 Å². The molecule has 8 heteroatoms. The topological polar surface area (TPSA) is 75.0 Å². The summed E-state index contributed by atoms with van der Waals surface area (Å²) in [5.41, 5.74) is 2.98. The molecule has 0 unspecified atom stereocenters. The van der Waals surface area contributed by atoms with Crippen LogP contribution in [0.5, 0.6) is 0 Å². The molecule has 0 amide bonds. The molecule has 3 heterocycles. The largest absolute Gasteiger partial charge is 0.380 e. The van der Waals surface area contributed by atoms with E-state index in [1.54, 1.807) is 24.5 Å². The van der Waals surface area contributed by atoms with Crippen molar-refractivity contribution in [2.75, 3.05) is 18.0 Å². The number of piperidine rings is 1. The molecule has 0 bridgehead atoms. The van der Waals surface area contributed by atoms with Crippen molar-refractivity contribution in [2.24, 2.45) is 7.05 Å². The number of anilines is 1. The Morgan fingerprint density at radius 3 is 2.66 bits per heavy atom. The Kier molecular flexibility index (Phi) is 4.92. The lowest BCUT2D eigenvalue weighted by molar-refractivity contribution is 0.474. The fraction of sp³-hybridized carbons (Fsp3) is 0.286. The maximum Gasteiger partial charge on any atom is 0.212 e. The van der Waals surface area contributed by atoms with Crippen LogP contribution in [0.15, 0.2) is 36.8 Å². The van der Waals surface area contributed by atoms with Gasteiger partial charge in [0.05, 0.1) is 18.3 Å². The van der Waals surface area contributed by atoms with Crippen LogP contribution in [-0.4, -0.2) is 32.8 Å². The van der Waals surface area contributed by atoms with E-state index in [0.29, 0.717) is 22.7 Å². The molecule has 1 saturated heterocycles. The van der Waals surface area contributed by atoms with Crippen LogP contribution in [0.25, 0.3) is 16.0 Å². The summed E-state index contributed by atoms with van der Waals surface area (Å²) in [5, 5.41) is 17.6. The first kappa shape index (κ1) is 18.6. The molecule has 0 atom stereocenters. The molecule has 1 fully saturated rings. The third-order valence-electron chi connectivity index (χ3n) is 5.30. The molecule has 0 N–H and O–H groups in total. The van der Waals surface area contributed by atoms with Crippen LogP contribution in [0.1, 0.15) is 30.1 Å². The minimum atomic E-state index is -0.568. The van der Waals surface area contributed by atoms with Gasteiger partial charge in [0.15, 0.2) is 0 Å². The summed E-state index contributed by atoms with van der Waals surface area (Å²) in [6.45, 7) is 9.13. The molecule has 3 aromatic rings. The van der Waals surface area contributed by atoms with E-state index < -0.39 is 5.95 Å². The van der Waals surface area contributed by atoms with Crippen LogP contribution in [0.2, 0.25) is 0 Å². The van der Waals surface area contributed by atoms with Crippen LogP contribution < -0.4 is 4.90 Å². The van der Waals surface area contributed by atoms with Crippen molar-refractivity contribution >= 4 is 11.4 Å². The van der Waals surface area contributed by atoms with E-state index in [-0.39, 0.29) is 0 Å². The summed E-state index contributed by atoms with van der Waals surface area (Å²) in [6.07, 6.45) is 4.91. The lowest BCUT2D eigenvalue weighted by Crippen LogP contribution is -2.34. The number of pyridine rings is 1. The predicted octanol–water partition coefficient (Wildman–Crippen LogP) is 3.82. The zero-order valence-corrected chi connectivity index (χ0v) is 15.9. The standard InChI is InChI=1S/C21H18FN7/c1-24-18-10-14(11-23)9-17(16-3-4-19(22)25-12-16)20(18)29-7-5-15(6-8-29)21-27-26-13-28(21)2/h3-4,9-10,12-13,15H,5-8H2,2H3. The Bertz CT molecular complexity index is 1110. The number of nitrogens with zero attached hydrogens (tertiary/aromatic N) is 7. The van der Waals surface area contributed by atoms with E-state index in [9.17, 15) is 9.65 Å². The minimum absolute atomic E-state index is 0.310. The molecular weight excluding hydrogens is 369 g/mol. The third-order valence-corrected chi connectivity index (χ3v) is 5.30. The molecule has 0 saturated carbocycles. The highest BCUT2D eigenvalue weighted by atomic mass is 19.1. The first-order valence-electron chi connectivity index (χ1n) is 9.27. The number of aromatic nitrogens is 4. The van der Waals surface area contributed by atoms with Gasteiger partial charge >= 0.3 is 0 Å². The molecule has 1 aromatic carbocycles. The summed E-state index contributed by atoms with van der Waals surface area (Å²) >= 11 is 0. The Balaban J connectivity index is 1.71. The highest BCUT2D eigenvalue weighted by Crippen LogP contribution is 2.42. The predicted molar refractivity (Wildman–Crippen MR) is 106 cm³/mol.